The van der Waals surface area contributed by atoms with Crippen LogP contribution in [0.15, 0.2) is 42.5 Å². The van der Waals surface area contributed by atoms with Gasteiger partial charge in [-0.2, -0.15) is 0 Å². The number of amides is 1. The zero-order valence-electron chi connectivity index (χ0n) is 15.3. The highest BCUT2D eigenvalue weighted by Crippen LogP contribution is 2.36. The lowest BCUT2D eigenvalue weighted by atomic mass is 10.2. The van der Waals surface area contributed by atoms with Crippen LogP contribution in [0, 0.1) is 6.92 Å². The van der Waals surface area contributed by atoms with E-state index >= 15 is 0 Å². The Morgan fingerprint density at radius 3 is 2.63 bits per heavy atom. The van der Waals surface area contributed by atoms with Gasteiger partial charge >= 0.3 is 0 Å². The number of aryl methyl sites for hydroxylation is 1. The largest absolute Gasteiger partial charge is 0.454 e. The Kier molecular flexibility index (Phi) is 5.55. The summed E-state index contributed by atoms with van der Waals surface area (Å²) in [7, 11) is -3.49. The summed E-state index contributed by atoms with van der Waals surface area (Å²) < 4.78 is 36.2. The first-order valence-corrected chi connectivity index (χ1v) is 10.4. The van der Waals surface area contributed by atoms with Gasteiger partial charge in [-0.1, -0.05) is 18.2 Å². The molecule has 0 atom stereocenters. The Labute approximate surface area is 158 Å². The smallest absolute Gasteiger partial charge is 0.232 e. The molecule has 0 aromatic heterocycles. The second-order valence-corrected chi connectivity index (χ2v) is 8.25. The lowest BCUT2D eigenvalue weighted by Crippen LogP contribution is -2.31. The van der Waals surface area contributed by atoms with Crippen LogP contribution in [0.4, 0.5) is 11.4 Å². The number of carbonyl (C=O) groups excluding carboxylic acids is 1. The van der Waals surface area contributed by atoms with E-state index in [2.05, 4.69) is 5.32 Å². The van der Waals surface area contributed by atoms with Gasteiger partial charge in [-0.25, -0.2) is 8.42 Å². The van der Waals surface area contributed by atoms with Crippen LogP contribution < -0.4 is 19.1 Å². The van der Waals surface area contributed by atoms with Crippen molar-refractivity contribution in [3.05, 3.63) is 48.0 Å². The van der Waals surface area contributed by atoms with Crippen LogP contribution in [-0.4, -0.2) is 33.9 Å². The van der Waals surface area contributed by atoms with E-state index in [0.29, 0.717) is 23.6 Å². The maximum atomic E-state index is 12.2. The van der Waals surface area contributed by atoms with Crippen LogP contribution in [-0.2, 0) is 14.8 Å². The highest BCUT2D eigenvalue weighted by Gasteiger charge is 2.21. The Hall–Kier alpha value is -2.74. The summed E-state index contributed by atoms with van der Waals surface area (Å²) in [4.78, 5) is 12.2. The number of ether oxygens (including phenoxy) is 2. The summed E-state index contributed by atoms with van der Waals surface area (Å²) in [5.74, 6) is 0.951. The Morgan fingerprint density at radius 2 is 1.89 bits per heavy atom. The minimum absolute atomic E-state index is 0.122. The number of nitrogens with one attached hydrogen (secondary N) is 1. The minimum atomic E-state index is -3.49. The maximum Gasteiger partial charge on any atom is 0.232 e. The molecule has 1 aliphatic rings. The Morgan fingerprint density at radius 1 is 1.15 bits per heavy atom. The van der Waals surface area contributed by atoms with Gasteiger partial charge in [0.25, 0.3) is 0 Å². The fourth-order valence-corrected chi connectivity index (χ4v) is 3.79. The minimum Gasteiger partial charge on any atom is -0.454 e. The molecular weight excluding hydrogens is 368 g/mol. The van der Waals surface area contributed by atoms with Gasteiger partial charge in [0.15, 0.2) is 11.5 Å². The van der Waals surface area contributed by atoms with Gasteiger partial charge in [0.05, 0.1) is 11.9 Å². The average Bonchev–Trinajstić information content (AvgIpc) is 3.07. The molecule has 8 heteroatoms. The highest BCUT2D eigenvalue weighted by atomic mass is 32.2. The second kappa shape index (κ2) is 7.87. The van der Waals surface area contributed by atoms with Gasteiger partial charge in [-0.05, 0) is 37.1 Å². The molecule has 1 N–H and O–H groups in total. The van der Waals surface area contributed by atoms with Gasteiger partial charge in [-0.15, -0.1) is 0 Å². The van der Waals surface area contributed by atoms with Crippen LogP contribution in [0.25, 0.3) is 0 Å². The number of carbonyl (C=O) groups is 1. The molecular formula is C19H22N2O5S. The van der Waals surface area contributed by atoms with E-state index in [1.165, 1.54) is 4.31 Å². The number of hydrogen-bond donors (Lipinski definition) is 1. The SMILES string of the molecule is Cc1ccccc1NC(=O)CCCN(c1ccc2c(c1)OCO2)S(C)(=O)=O. The van der Waals surface area contributed by atoms with Crippen LogP contribution in [0.3, 0.4) is 0 Å². The first-order valence-electron chi connectivity index (χ1n) is 8.57. The number of rotatable bonds is 7. The first-order chi connectivity index (χ1) is 12.8. The fourth-order valence-electron chi connectivity index (χ4n) is 2.84. The number of fused-ring (bicyclic) bond motifs is 1. The van der Waals surface area contributed by atoms with Crippen LogP contribution in [0.5, 0.6) is 11.5 Å². The normalized spacial score (nSPS) is 12.7. The van der Waals surface area contributed by atoms with E-state index in [1.54, 1.807) is 18.2 Å². The quantitative estimate of drug-likeness (QED) is 0.786. The molecule has 0 unspecified atom stereocenters. The van der Waals surface area contributed by atoms with Crippen molar-refractivity contribution in [2.45, 2.75) is 19.8 Å². The Balaban J connectivity index is 1.63. The van der Waals surface area contributed by atoms with Crippen LogP contribution in [0.1, 0.15) is 18.4 Å². The van der Waals surface area contributed by atoms with Gasteiger partial charge in [0, 0.05) is 24.7 Å². The van der Waals surface area contributed by atoms with Crippen LogP contribution in [0.2, 0.25) is 0 Å². The zero-order chi connectivity index (χ0) is 19.4. The van der Waals surface area contributed by atoms with E-state index in [9.17, 15) is 13.2 Å². The standard InChI is InChI=1S/C19H22N2O5S/c1-14-6-3-4-7-16(14)20-19(22)8-5-11-21(27(2,23)24)15-9-10-17-18(12-15)26-13-25-17/h3-4,6-7,9-10,12H,5,8,11,13H2,1-2H3,(H,20,22). The fraction of sp³-hybridized carbons (Fsp3) is 0.316. The lowest BCUT2D eigenvalue weighted by molar-refractivity contribution is -0.116. The van der Waals surface area contributed by atoms with Crippen molar-refractivity contribution in [3.8, 4) is 11.5 Å². The summed E-state index contributed by atoms with van der Waals surface area (Å²) in [5, 5.41) is 2.85. The number of benzene rings is 2. The third-order valence-corrected chi connectivity index (χ3v) is 5.42. The molecule has 0 bridgehead atoms. The van der Waals surface area contributed by atoms with Crippen molar-refractivity contribution in [2.24, 2.45) is 0 Å². The van der Waals surface area contributed by atoms with Gasteiger partial charge < -0.3 is 14.8 Å². The van der Waals surface area contributed by atoms with Crippen LogP contribution >= 0.6 is 0 Å². The predicted molar refractivity (Wildman–Crippen MR) is 104 cm³/mol. The first kappa shape index (κ1) is 19.0. The molecule has 3 rings (SSSR count). The third kappa shape index (κ3) is 4.71. The molecule has 1 aliphatic heterocycles. The molecule has 0 saturated carbocycles. The summed E-state index contributed by atoms with van der Waals surface area (Å²) >= 11 is 0. The van der Waals surface area contributed by atoms with E-state index in [4.69, 9.17) is 9.47 Å². The lowest BCUT2D eigenvalue weighted by Gasteiger charge is -2.22. The summed E-state index contributed by atoms with van der Waals surface area (Å²) in [6.45, 7) is 2.23. The van der Waals surface area contributed by atoms with Gasteiger partial charge in [0.2, 0.25) is 22.7 Å². The van der Waals surface area contributed by atoms with Crippen molar-refractivity contribution < 1.29 is 22.7 Å². The van der Waals surface area contributed by atoms with E-state index in [0.717, 1.165) is 17.5 Å². The number of anilines is 2. The van der Waals surface area contributed by atoms with E-state index in [-0.39, 0.29) is 25.7 Å². The van der Waals surface area contributed by atoms with Gasteiger partial charge in [0.1, 0.15) is 0 Å². The van der Waals surface area contributed by atoms with Crippen molar-refractivity contribution in [3.63, 3.8) is 0 Å². The molecule has 0 radical (unpaired) electrons. The summed E-state index contributed by atoms with van der Waals surface area (Å²) in [6.07, 6.45) is 1.75. The average molecular weight is 390 g/mol. The van der Waals surface area contributed by atoms with E-state index in [1.807, 2.05) is 31.2 Å². The predicted octanol–water partition coefficient (Wildman–Crippen LogP) is 2.91. The van der Waals surface area contributed by atoms with Crippen molar-refractivity contribution >= 4 is 27.3 Å². The molecule has 0 saturated heterocycles. The van der Waals surface area contributed by atoms with Crippen molar-refractivity contribution in [1.29, 1.82) is 0 Å². The van der Waals surface area contributed by atoms with Crippen molar-refractivity contribution in [1.82, 2.24) is 0 Å². The molecule has 0 aliphatic carbocycles. The second-order valence-electron chi connectivity index (χ2n) is 6.34. The summed E-state index contributed by atoms with van der Waals surface area (Å²) in [5.41, 5.74) is 2.23. The topological polar surface area (TPSA) is 84.9 Å². The van der Waals surface area contributed by atoms with E-state index < -0.39 is 10.0 Å². The highest BCUT2D eigenvalue weighted by molar-refractivity contribution is 7.92. The molecule has 2 aromatic carbocycles. The number of hydrogen-bond acceptors (Lipinski definition) is 5. The number of sulfonamides is 1. The molecule has 0 spiro atoms. The molecule has 0 fully saturated rings. The molecule has 1 amide bonds. The summed E-state index contributed by atoms with van der Waals surface area (Å²) in [6, 6.07) is 12.5. The van der Waals surface area contributed by atoms with Gasteiger partial charge in [-0.3, -0.25) is 9.10 Å². The monoisotopic (exact) mass is 390 g/mol. The Bertz CT molecular complexity index is 943. The number of nitrogens with zero attached hydrogens (tertiary/aromatic N) is 1. The molecule has 7 nitrogen and oxygen atoms in total. The van der Waals surface area contributed by atoms with Crippen molar-refractivity contribution in [2.75, 3.05) is 29.2 Å². The molecule has 27 heavy (non-hydrogen) atoms. The molecule has 1 heterocycles. The third-order valence-electron chi connectivity index (χ3n) is 4.23. The zero-order valence-corrected chi connectivity index (χ0v) is 16.1. The maximum absolute atomic E-state index is 12.2. The molecule has 2 aromatic rings. The number of para-hydroxylation sites is 1. The molecule has 144 valence electrons.